The van der Waals surface area contributed by atoms with Crippen LogP contribution in [0, 0.1) is 12.7 Å². The number of benzene rings is 1. The van der Waals surface area contributed by atoms with Gasteiger partial charge in [-0.2, -0.15) is 0 Å². The van der Waals surface area contributed by atoms with Crippen molar-refractivity contribution in [1.82, 2.24) is 9.88 Å². The van der Waals surface area contributed by atoms with Gasteiger partial charge in [0.25, 0.3) is 11.5 Å². The molecule has 6 nitrogen and oxygen atoms in total. The molecule has 1 amide bonds. The first-order chi connectivity index (χ1) is 14.3. The number of aliphatic carboxylic acids is 1. The summed E-state index contributed by atoms with van der Waals surface area (Å²) >= 11 is 0. The van der Waals surface area contributed by atoms with E-state index in [-0.39, 0.29) is 12.1 Å². The van der Waals surface area contributed by atoms with E-state index in [0.29, 0.717) is 37.7 Å². The predicted molar refractivity (Wildman–Crippen MR) is 111 cm³/mol. The average molecular weight is 414 g/mol. The van der Waals surface area contributed by atoms with Crippen LogP contribution >= 0.6 is 0 Å². The Balaban J connectivity index is 2.01. The molecular weight excluding hydrogens is 387 g/mol. The van der Waals surface area contributed by atoms with Gasteiger partial charge in [-0.3, -0.25) is 9.59 Å². The first-order valence-electron chi connectivity index (χ1n) is 10.3. The number of halogens is 1. The molecule has 0 aliphatic heterocycles. The highest BCUT2D eigenvalue weighted by atomic mass is 19.1. The quantitative estimate of drug-likeness (QED) is 0.758. The van der Waals surface area contributed by atoms with E-state index in [9.17, 15) is 23.9 Å². The smallest absolute Gasteiger partial charge is 0.329 e. The van der Waals surface area contributed by atoms with Gasteiger partial charge in [-0.25, -0.2) is 9.18 Å². The molecule has 7 heteroatoms. The minimum absolute atomic E-state index is 0.0905. The van der Waals surface area contributed by atoms with E-state index in [4.69, 9.17) is 0 Å². The van der Waals surface area contributed by atoms with Crippen LogP contribution in [0.25, 0.3) is 0 Å². The first-order valence-corrected chi connectivity index (χ1v) is 10.3. The zero-order chi connectivity index (χ0) is 21.9. The lowest BCUT2D eigenvalue weighted by Gasteiger charge is -2.34. The molecule has 0 atom stereocenters. The minimum Gasteiger partial charge on any atom is -0.480 e. The summed E-state index contributed by atoms with van der Waals surface area (Å²) in [5, 5.41) is 12.4. The summed E-state index contributed by atoms with van der Waals surface area (Å²) in [5.41, 5.74) is 0.186. The molecule has 0 spiro atoms. The van der Waals surface area contributed by atoms with Crippen LogP contribution in [-0.4, -0.2) is 27.1 Å². The molecule has 1 saturated carbocycles. The third-order valence-corrected chi connectivity index (χ3v) is 5.90. The molecule has 1 aromatic heterocycles. The zero-order valence-electron chi connectivity index (χ0n) is 17.3. The highest BCUT2D eigenvalue weighted by Crippen LogP contribution is 2.29. The van der Waals surface area contributed by atoms with Gasteiger partial charge < -0.3 is 15.0 Å². The standard InChI is InChI=1S/C23H27FN2O4/c1-3-19-15(2)12-18(20(27)25-23(22(29)30)10-5-4-6-11-23)21(28)26(19)14-16-8-7-9-17(24)13-16/h7-9,12-13H,3-6,10-11,14H2,1-2H3,(H,25,27)(H,29,30). The normalized spacial score (nSPS) is 15.6. The van der Waals surface area contributed by atoms with Gasteiger partial charge in [0.1, 0.15) is 16.9 Å². The first kappa shape index (κ1) is 21.7. The number of aryl methyl sites for hydroxylation is 1. The minimum atomic E-state index is -1.34. The lowest BCUT2D eigenvalue weighted by molar-refractivity contribution is -0.145. The molecule has 1 aliphatic rings. The molecule has 3 rings (SSSR count). The number of carbonyl (C=O) groups excluding carboxylic acids is 1. The monoisotopic (exact) mass is 414 g/mol. The van der Waals surface area contributed by atoms with Crippen LogP contribution in [0.5, 0.6) is 0 Å². The Morgan fingerprint density at radius 3 is 2.50 bits per heavy atom. The fourth-order valence-electron chi connectivity index (χ4n) is 4.29. The van der Waals surface area contributed by atoms with E-state index in [1.807, 2.05) is 13.8 Å². The molecule has 1 heterocycles. The number of carboxylic acid groups (broad SMARTS) is 1. The molecular formula is C23H27FN2O4. The molecule has 30 heavy (non-hydrogen) atoms. The second-order valence-electron chi connectivity index (χ2n) is 7.96. The highest BCUT2D eigenvalue weighted by molar-refractivity contribution is 5.97. The van der Waals surface area contributed by atoms with Gasteiger partial charge in [-0.15, -0.1) is 0 Å². The molecule has 0 bridgehead atoms. The molecule has 0 saturated heterocycles. The van der Waals surface area contributed by atoms with E-state index in [0.717, 1.165) is 17.7 Å². The lowest BCUT2D eigenvalue weighted by Crippen LogP contribution is -2.56. The molecule has 0 radical (unpaired) electrons. The molecule has 1 fully saturated rings. The van der Waals surface area contributed by atoms with Crippen molar-refractivity contribution in [2.45, 2.75) is 64.5 Å². The molecule has 2 N–H and O–H groups in total. The Hall–Kier alpha value is -2.96. The summed E-state index contributed by atoms with van der Waals surface area (Å²) in [6.07, 6.45) is 3.61. The Morgan fingerprint density at radius 2 is 1.90 bits per heavy atom. The summed E-state index contributed by atoms with van der Waals surface area (Å²) in [6.45, 7) is 3.85. The van der Waals surface area contributed by atoms with Crippen molar-refractivity contribution in [2.75, 3.05) is 0 Å². The maximum absolute atomic E-state index is 13.6. The van der Waals surface area contributed by atoms with Crippen molar-refractivity contribution in [3.63, 3.8) is 0 Å². The SMILES string of the molecule is CCc1c(C)cc(C(=O)NC2(C(=O)O)CCCCC2)c(=O)n1Cc1cccc(F)c1. The third-order valence-electron chi connectivity index (χ3n) is 5.90. The van der Waals surface area contributed by atoms with Crippen molar-refractivity contribution in [3.05, 3.63) is 68.9 Å². The number of hydrogen-bond donors (Lipinski definition) is 2. The number of rotatable bonds is 6. The maximum atomic E-state index is 13.6. The van der Waals surface area contributed by atoms with Crippen molar-refractivity contribution >= 4 is 11.9 Å². The number of nitrogens with one attached hydrogen (secondary N) is 1. The zero-order valence-corrected chi connectivity index (χ0v) is 17.3. The van der Waals surface area contributed by atoms with E-state index in [1.54, 1.807) is 12.1 Å². The van der Waals surface area contributed by atoms with Gasteiger partial charge in [0.15, 0.2) is 0 Å². The molecule has 1 aromatic carbocycles. The highest BCUT2D eigenvalue weighted by Gasteiger charge is 2.41. The number of carboxylic acids is 1. The Bertz CT molecular complexity index is 1020. The fourth-order valence-corrected chi connectivity index (χ4v) is 4.29. The van der Waals surface area contributed by atoms with Crippen LogP contribution in [0.2, 0.25) is 0 Å². The predicted octanol–water partition coefficient (Wildman–Crippen LogP) is 3.42. The second kappa shape index (κ2) is 8.81. The van der Waals surface area contributed by atoms with E-state index >= 15 is 0 Å². The van der Waals surface area contributed by atoms with Gasteiger partial charge >= 0.3 is 5.97 Å². The molecule has 1 aliphatic carbocycles. The Labute approximate surface area is 174 Å². The summed E-state index contributed by atoms with van der Waals surface area (Å²) in [4.78, 5) is 38.1. The fraction of sp³-hybridized carbons (Fsp3) is 0.435. The Kier molecular flexibility index (Phi) is 6.39. The number of hydrogen-bond acceptors (Lipinski definition) is 3. The summed E-state index contributed by atoms with van der Waals surface area (Å²) in [7, 11) is 0. The third kappa shape index (κ3) is 4.30. The summed E-state index contributed by atoms with van der Waals surface area (Å²) in [6, 6.07) is 7.51. The van der Waals surface area contributed by atoms with Crippen LogP contribution < -0.4 is 10.9 Å². The number of carbonyl (C=O) groups is 2. The number of aromatic nitrogens is 1. The van der Waals surface area contributed by atoms with Crippen LogP contribution in [0.4, 0.5) is 4.39 Å². The number of pyridine rings is 1. The molecule has 0 unspecified atom stereocenters. The van der Waals surface area contributed by atoms with Gasteiger partial charge in [0.2, 0.25) is 0 Å². The van der Waals surface area contributed by atoms with Crippen LogP contribution in [-0.2, 0) is 17.8 Å². The van der Waals surface area contributed by atoms with Crippen molar-refractivity contribution in [2.24, 2.45) is 0 Å². The lowest BCUT2D eigenvalue weighted by atomic mass is 9.81. The number of nitrogens with zero attached hydrogens (tertiary/aromatic N) is 1. The maximum Gasteiger partial charge on any atom is 0.329 e. The van der Waals surface area contributed by atoms with Crippen LogP contribution in [0.1, 0.15) is 66.2 Å². The molecule has 2 aromatic rings. The van der Waals surface area contributed by atoms with Gasteiger partial charge in [-0.1, -0.05) is 38.3 Å². The Morgan fingerprint density at radius 1 is 1.20 bits per heavy atom. The van der Waals surface area contributed by atoms with E-state index in [1.165, 1.54) is 22.8 Å². The van der Waals surface area contributed by atoms with Crippen molar-refractivity contribution < 1.29 is 19.1 Å². The summed E-state index contributed by atoms with van der Waals surface area (Å²) in [5.74, 6) is -2.15. The van der Waals surface area contributed by atoms with Crippen molar-refractivity contribution in [3.8, 4) is 0 Å². The summed E-state index contributed by atoms with van der Waals surface area (Å²) < 4.78 is 15.1. The average Bonchev–Trinajstić information content (AvgIpc) is 2.71. The molecule has 160 valence electrons. The number of amides is 1. The van der Waals surface area contributed by atoms with E-state index in [2.05, 4.69) is 5.32 Å². The van der Waals surface area contributed by atoms with E-state index < -0.39 is 28.8 Å². The van der Waals surface area contributed by atoms with Gasteiger partial charge in [-0.05, 0) is 55.5 Å². The van der Waals surface area contributed by atoms with Crippen LogP contribution in [0.15, 0.2) is 35.1 Å². The van der Waals surface area contributed by atoms with Gasteiger partial charge in [0.05, 0.1) is 6.54 Å². The topological polar surface area (TPSA) is 88.4 Å². The van der Waals surface area contributed by atoms with Gasteiger partial charge in [0, 0.05) is 5.69 Å². The van der Waals surface area contributed by atoms with Crippen LogP contribution in [0.3, 0.4) is 0 Å². The second-order valence-corrected chi connectivity index (χ2v) is 7.96. The van der Waals surface area contributed by atoms with Crippen molar-refractivity contribution in [1.29, 1.82) is 0 Å². The largest absolute Gasteiger partial charge is 0.480 e.